The van der Waals surface area contributed by atoms with E-state index in [4.69, 9.17) is 5.14 Å². The topological polar surface area (TPSA) is 122 Å². The fraction of sp³-hybridized carbons (Fsp3) is 0.0588. The van der Waals surface area contributed by atoms with Crippen molar-refractivity contribution in [3.63, 3.8) is 0 Å². The van der Waals surface area contributed by atoms with Gasteiger partial charge in [-0.2, -0.15) is 14.0 Å². The van der Waals surface area contributed by atoms with Crippen molar-refractivity contribution in [1.82, 2.24) is 0 Å². The SMILES string of the molecule is N#C/C(=C/c1ccc(OC(F)F)cc1)C(=O)Nc1cccc(S(N)(=O)=O)c1. The standard InChI is InChI=1S/C17H13F2N3O4S/c18-17(19)26-14-6-4-11(5-7-14)8-12(10-20)16(23)22-13-2-1-3-15(9-13)27(21,24)25/h1-9,17H,(H,22,23)(H2,21,24,25)/b12-8-. The molecular weight excluding hydrogens is 380 g/mol. The molecule has 0 aromatic heterocycles. The molecule has 0 saturated heterocycles. The van der Waals surface area contributed by atoms with Crippen LogP contribution in [0.2, 0.25) is 0 Å². The van der Waals surface area contributed by atoms with Gasteiger partial charge in [0.2, 0.25) is 10.0 Å². The number of rotatable bonds is 6. The number of amides is 1. The molecule has 0 aliphatic carbocycles. The third-order valence-electron chi connectivity index (χ3n) is 3.20. The van der Waals surface area contributed by atoms with Crippen LogP contribution in [0.15, 0.2) is 59.0 Å². The normalized spacial score (nSPS) is 11.7. The largest absolute Gasteiger partial charge is 0.435 e. The molecule has 1 amide bonds. The minimum absolute atomic E-state index is 0.0649. The first-order chi connectivity index (χ1) is 12.7. The van der Waals surface area contributed by atoms with Crippen molar-refractivity contribution >= 4 is 27.7 Å². The summed E-state index contributed by atoms with van der Waals surface area (Å²) in [5.74, 6) is -0.845. The number of nitrogens with zero attached hydrogens (tertiary/aromatic N) is 1. The van der Waals surface area contributed by atoms with Crippen LogP contribution in [0.25, 0.3) is 6.08 Å². The lowest BCUT2D eigenvalue weighted by Crippen LogP contribution is -2.15. The Bertz CT molecular complexity index is 1010. The summed E-state index contributed by atoms with van der Waals surface area (Å²) in [6, 6.07) is 12.3. The zero-order valence-electron chi connectivity index (χ0n) is 13.6. The van der Waals surface area contributed by atoms with Gasteiger partial charge in [-0.05, 0) is 42.0 Å². The summed E-state index contributed by atoms with van der Waals surface area (Å²) in [4.78, 5) is 12.0. The highest BCUT2D eigenvalue weighted by Crippen LogP contribution is 2.18. The van der Waals surface area contributed by atoms with E-state index in [1.165, 1.54) is 48.5 Å². The van der Waals surface area contributed by atoms with Crippen LogP contribution in [-0.4, -0.2) is 20.9 Å². The Morgan fingerprint density at radius 2 is 1.89 bits per heavy atom. The fourth-order valence-corrected chi connectivity index (χ4v) is 2.57. The number of ether oxygens (including phenoxy) is 1. The Kier molecular flexibility index (Phi) is 6.23. The number of hydrogen-bond donors (Lipinski definition) is 2. The minimum atomic E-state index is -3.94. The summed E-state index contributed by atoms with van der Waals surface area (Å²) in [5.41, 5.74) is 0.258. The van der Waals surface area contributed by atoms with Crippen molar-refractivity contribution in [3.8, 4) is 11.8 Å². The lowest BCUT2D eigenvalue weighted by atomic mass is 10.1. The van der Waals surface area contributed by atoms with Crippen LogP contribution in [0.1, 0.15) is 5.56 Å². The van der Waals surface area contributed by atoms with Gasteiger partial charge >= 0.3 is 6.61 Å². The molecule has 0 spiro atoms. The van der Waals surface area contributed by atoms with Crippen molar-refractivity contribution in [3.05, 3.63) is 59.7 Å². The predicted octanol–water partition coefficient (Wildman–Crippen LogP) is 2.48. The van der Waals surface area contributed by atoms with Gasteiger partial charge in [0.05, 0.1) is 4.90 Å². The molecule has 0 fully saturated rings. The van der Waals surface area contributed by atoms with E-state index >= 15 is 0 Å². The van der Waals surface area contributed by atoms with Gasteiger partial charge in [-0.3, -0.25) is 4.79 Å². The van der Waals surface area contributed by atoms with Gasteiger partial charge < -0.3 is 10.1 Å². The van der Waals surface area contributed by atoms with Gasteiger partial charge in [0.15, 0.2) is 0 Å². The first-order valence-electron chi connectivity index (χ1n) is 7.30. The maximum absolute atomic E-state index is 12.2. The number of primary sulfonamides is 1. The number of nitrogens with one attached hydrogen (secondary N) is 1. The first kappa shape index (κ1) is 20.0. The zero-order valence-corrected chi connectivity index (χ0v) is 14.4. The van der Waals surface area contributed by atoms with E-state index in [0.717, 1.165) is 6.07 Å². The minimum Gasteiger partial charge on any atom is -0.435 e. The van der Waals surface area contributed by atoms with Gasteiger partial charge in [-0.15, -0.1) is 0 Å². The molecule has 2 rings (SSSR count). The highest BCUT2D eigenvalue weighted by molar-refractivity contribution is 7.89. The van der Waals surface area contributed by atoms with Crippen molar-refractivity contribution in [1.29, 1.82) is 5.26 Å². The number of alkyl halides is 2. The second kappa shape index (κ2) is 8.39. The maximum atomic E-state index is 12.2. The number of nitriles is 1. The summed E-state index contributed by atoms with van der Waals surface area (Å²) in [5, 5.41) is 16.6. The van der Waals surface area contributed by atoms with Crippen LogP contribution >= 0.6 is 0 Å². The molecule has 0 atom stereocenters. The second-order valence-corrected chi connectivity index (χ2v) is 6.71. The second-order valence-electron chi connectivity index (χ2n) is 5.14. The van der Waals surface area contributed by atoms with Crippen LogP contribution in [0, 0.1) is 11.3 Å². The van der Waals surface area contributed by atoms with Gasteiger partial charge in [0, 0.05) is 5.69 Å². The number of nitrogens with two attached hydrogens (primary N) is 1. The third kappa shape index (κ3) is 5.88. The monoisotopic (exact) mass is 393 g/mol. The lowest BCUT2D eigenvalue weighted by Gasteiger charge is -2.06. The van der Waals surface area contributed by atoms with Crippen molar-refractivity contribution in [2.75, 3.05) is 5.32 Å². The van der Waals surface area contributed by atoms with Gasteiger partial charge in [0.1, 0.15) is 17.4 Å². The van der Waals surface area contributed by atoms with E-state index in [2.05, 4.69) is 10.1 Å². The van der Waals surface area contributed by atoms with Crippen molar-refractivity contribution in [2.24, 2.45) is 5.14 Å². The van der Waals surface area contributed by atoms with Crippen LogP contribution in [0.4, 0.5) is 14.5 Å². The number of benzene rings is 2. The summed E-state index contributed by atoms with van der Waals surface area (Å²) < 4.78 is 51.1. The highest BCUT2D eigenvalue weighted by atomic mass is 32.2. The number of hydrogen-bond acceptors (Lipinski definition) is 5. The maximum Gasteiger partial charge on any atom is 0.387 e. The molecule has 0 aliphatic rings. The van der Waals surface area contributed by atoms with Crippen molar-refractivity contribution in [2.45, 2.75) is 11.5 Å². The van der Waals surface area contributed by atoms with Gasteiger partial charge in [-0.25, -0.2) is 13.6 Å². The molecule has 2 aromatic rings. The average Bonchev–Trinajstić information content (AvgIpc) is 2.60. The van der Waals surface area contributed by atoms with Crippen LogP contribution in [0.3, 0.4) is 0 Å². The third-order valence-corrected chi connectivity index (χ3v) is 4.11. The Balaban J connectivity index is 2.19. The quantitative estimate of drug-likeness (QED) is 0.577. The van der Waals surface area contributed by atoms with E-state index in [1.54, 1.807) is 6.07 Å². The number of sulfonamides is 1. The smallest absolute Gasteiger partial charge is 0.387 e. The Hall–Kier alpha value is -3.29. The van der Waals surface area contributed by atoms with E-state index in [1.807, 2.05) is 0 Å². The molecule has 0 saturated carbocycles. The molecule has 0 radical (unpaired) electrons. The zero-order chi connectivity index (χ0) is 20.0. The van der Waals surface area contributed by atoms with Crippen LogP contribution in [-0.2, 0) is 14.8 Å². The molecule has 7 nitrogen and oxygen atoms in total. The summed E-state index contributed by atoms with van der Waals surface area (Å²) in [6.07, 6.45) is 1.24. The summed E-state index contributed by atoms with van der Waals surface area (Å²) in [6.45, 7) is -2.96. The number of anilines is 1. The number of carbonyl (C=O) groups excluding carboxylic acids is 1. The Labute approximate surface area is 153 Å². The fourth-order valence-electron chi connectivity index (χ4n) is 2.01. The average molecular weight is 393 g/mol. The molecule has 3 N–H and O–H groups in total. The van der Waals surface area contributed by atoms with Crippen LogP contribution < -0.4 is 15.2 Å². The predicted molar refractivity (Wildman–Crippen MR) is 93.1 cm³/mol. The Morgan fingerprint density at radius 3 is 2.44 bits per heavy atom. The molecule has 2 aromatic carbocycles. The first-order valence-corrected chi connectivity index (χ1v) is 8.84. The van der Waals surface area contributed by atoms with Crippen LogP contribution in [0.5, 0.6) is 5.75 Å². The molecule has 0 heterocycles. The summed E-state index contributed by atoms with van der Waals surface area (Å²) >= 11 is 0. The summed E-state index contributed by atoms with van der Waals surface area (Å²) in [7, 11) is -3.94. The molecule has 140 valence electrons. The molecule has 0 bridgehead atoms. The Morgan fingerprint density at radius 1 is 1.22 bits per heavy atom. The van der Waals surface area contributed by atoms with Crippen molar-refractivity contribution < 1.29 is 26.7 Å². The van der Waals surface area contributed by atoms with Gasteiger partial charge in [0.25, 0.3) is 5.91 Å². The molecule has 27 heavy (non-hydrogen) atoms. The van der Waals surface area contributed by atoms with E-state index < -0.39 is 22.5 Å². The van der Waals surface area contributed by atoms with E-state index in [9.17, 15) is 27.3 Å². The van der Waals surface area contributed by atoms with E-state index in [0.29, 0.717) is 5.56 Å². The molecule has 10 heteroatoms. The number of carbonyl (C=O) groups is 1. The van der Waals surface area contributed by atoms with E-state index in [-0.39, 0.29) is 21.9 Å². The molecule has 0 unspecified atom stereocenters. The van der Waals surface area contributed by atoms with Gasteiger partial charge in [-0.1, -0.05) is 18.2 Å². The highest BCUT2D eigenvalue weighted by Gasteiger charge is 2.13. The molecule has 0 aliphatic heterocycles. The lowest BCUT2D eigenvalue weighted by molar-refractivity contribution is -0.112. The number of halogens is 2. The molecular formula is C17H13F2N3O4S.